The van der Waals surface area contributed by atoms with Crippen molar-refractivity contribution in [2.45, 2.75) is 6.42 Å². The number of fused-ring (bicyclic) bond motifs is 1. The average Bonchev–Trinajstić information content (AvgIpc) is 3.29. The number of hydrogen-bond donors (Lipinski definition) is 0. The van der Waals surface area contributed by atoms with Crippen molar-refractivity contribution in [1.29, 1.82) is 0 Å². The molecule has 0 unspecified atom stereocenters. The van der Waals surface area contributed by atoms with Crippen LogP contribution in [0.5, 0.6) is 23.0 Å². The molecule has 0 spiro atoms. The molecule has 1 aromatic heterocycles. The third-order valence-electron chi connectivity index (χ3n) is 5.21. The molecule has 0 N–H and O–H groups in total. The summed E-state index contributed by atoms with van der Waals surface area (Å²) in [7, 11) is 10.4. The Morgan fingerprint density at radius 1 is 0.912 bits per heavy atom. The van der Waals surface area contributed by atoms with E-state index < -0.39 is 0 Å². The van der Waals surface area contributed by atoms with Gasteiger partial charge in [-0.1, -0.05) is 17.4 Å². The fraction of sp³-hybridized carbons (Fsp3) is 0.360. The maximum absolute atomic E-state index is 13.3. The maximum Gasteiger partial charge on any atom is 0.252 e. The van der Waals surface area contributed by atoms with Gasteiger partial charge in [0.25, 0.3) is 5.91 Å². The number of thiazole rings is 1. The Kier molecular flexibility index (Phi) is 8.72. The van der Waals surface area contributed by atoms with Crippen LogP contribution in [0.1, 0.15) is 12.0 Å². The molecular formula is C25H31N3O5S. The summed E-state index contributed by atoms with van der Waals surface area (Å²) in [5.74, 6) is 2.41. The molecule has 0 saturated heterocycles. The van der Waals surface area contributed by atoms with Crippen molar-refractivity contribution < 1.29 is 23.7 Å². The lowest BCUT2D eigenvalue weighted by atomic mass is 10.2. The van der Waals surface area contributed by atoms with E-state index in [1.807, 2.05) is 44.4 Å². The number of aromatic nitrogens is 1. The third kappa shape index (κ3) is 5.78. The Balaban J connectivity index is 1.94. The largest absolute Gasteiger partial charge is 0.495 e. The van der Waals surface area contributed by atoms with Crippen LogP contribution in [0.15, 0.2) is 36.4 Å². The first-order valence-corrected chi connectivity index (χ1v) is 11.6. The Morgan fingerprint density at radius 3 is 2.21 bits per heavy atom. The zero-order valence-electron chi connectivity index (χ0n) is 20.5. The van der Waals surface area contributed by atoms with Gasteiger partial charge in [0.1, 0.15) is 21.7 Å². The van der Waals surface area contributed by atoms with Gasteiger partial charge < -0.3 is 23.8 Å². The molecule has 0 saturated carbocycles. The second-order valence-electron chi connectivity index (χ2n) is 7.74. The Morgan fingerprint density at radius 2 is 1.56 bits per heavy atom. The minimum Gasteiger partial charge on any atom is -0.495 e. The number of nitrogens with zero attached hydrogens (tertiary/aromatic N) is 3. The van der Waals surface area contributed by atoms with Crippen molar-refractivity contribution in [3.05, 3.63) is 42.0 Å². The molecule has 0 aliphatic rings. The van der Waals surface area contributed by atoms with Gasteiger partial charge in [0.05, 0.1) is 28.4 Å². The van der Waals surface area contributed by atoms with Gasteiger partial charge in [-0.15, -0.1) is 0 Å². The number of rotatable bonds is 11. The number of benzene rings is 2. The van der Waals surface area contributed by atoms with Gasteiger partial charge in [0.15, 0.2) is 16.6 Å². The van der Waals surface area contributed by atoms with Crippen LogP contribution in [0.4, 0.5) is 5.13 Å². The molecule has 0 fully saturated rings. The Bertz CT molecular complexity index is 1120. The molecule has 0 aliphatic heterocycles. The van der Waals surface area contributed by atoms with Gasteiger partial charge in [0.2, 0.25) is 0 Å². The Labute approximate surface area is 204 Å². The van der Waals surface area contributed by atoms with E-state index in [9.17, 15) is 4.79 Å². The van der Waals surface area contributed by atoms with E-state index in [0.717, 1.165) is 23.2 Å². The highest BCUT2D eigenvalue weighted by Crippen LogP contribution is 2.40. The molecule has 1 amide bonds. The summed E-state index contributed by atoms with van der Waals surface area (Å²) in [4.78, 5) is 21.9. The first-order chi connectivity index (χ1) is 16.4. The quantitative estimate of drug-likeness (QED) is 0.374. The molecule has 34 heavy (non-hydrogen) atoms. The Hall–Kier alpha value is -3.30. The summed E-state index contributed by atoms with van der Waals surface area (Å²) in [6, 6.07) is 9.17. The standard InChI is InChI=1S/C25H31N3O5S/c1-27(2)14-7-15-28(22(29)13-9-17-8-10-18(30-3)21(16-17)33-6)25-26-23-19(31-4)11-12-20(32-5)24(23)34-25/h8-13,16H,7,14-15H2,1-6H3. The van der Waals surface area contributed by atoms with Gasteiger partial charge in [-0.2, -0.15) is 0 Å². The molecule has 3 rings (SSSR count). The topological polar surface area (TPSA) is 73.4 Å². The van der Waals surface area contributed by atoms with E-state index in [-0.39, 0.29) is 5.91 Å². The molecule has 182 valence electrons. The van der Waals surface area contributed by atoms with Crippen molar-refractivity contribution >= 4 is 38.7 Å². The molecule has 0 atom stereocenters. The molecule has 8 nitrogen and oxygen atoms in total. The minimum absolute atomic E-state index is 0.162. The van der Waals surface area contributed by atoms with Gasteiger partial charge >= 0.3 is 0 Å². The average molecular weight is 486 g/mol. The fourth-order valence-electron chi connectivity index (χ4n) is 3.45. The van der Waals surface area contributed by atoms with Crippen molar-refractivity contribution in [1.82, 2.24) is 9.88 Å². The summed E-state index contributed by atoms with van der Waals surface area (Å²) >= 11 is 1.41. The zero-order chi connectivity index (χ0) is 24.7. The lowest BCUT2D eigenvalue weighted by Gasteiger charge is -2.19. The summed E-state index contributed by atoms with van der Waals surface area (Å²) in [6.07, 6.45) is 4.11. The predicted molar refractivity (Wildman–Crippen MR) is 137 cm³/mol. The molecule has 3 aromatic rings. The van der Waals surface area contributed by atoms with Crippen LogP contribution in [-0.2, 0) is 4.79 Å². The lowest BCUT2D eigenvalue weighted by molar-refractivity contribution is -0.114. The lowest BCUT2D eigenvalue weighted by Crippen LogP contribution is -2.32. The number of ether oxygens (including phenoxy) is 4. The fourth-order valence-corrected chi connectivity index (χ4v) is 4.55. The summed E-state index contributed by atoms with van der Waals surface area (Å²) in [6.45, 7) is 1.37. The number of methoxy groups -OCH3 is 4. The van der Waals surface area contributed by atoms with Crippen LogP contribution >= 0.6 is 11.3 Å². The number of carbonyl (C=O) groups excluding carboxylic acids is 1. The van der Waals surface area contributed by atoms with Crippen LogP contribution in [0.3, 0.4) is 0 Å². The van der Waals surface area contributed by atoms with Gasteiger partial charge in [-0.05, 0) is 63.0 Å². The molecule has 1 heterocycles. The summed E-state index contributed by atoms with van der Waals surface area (Å²) in [5.41, 5.74) is 1.50. The number of carbonyl (C=O) groups is 1. The van der Waals surface area contributed by atoms with Crippen molar-refractivity contribution in [2.75, 3.05) is 60.5 Å². The first-order valence-electron chi connectivity index (χ1n) is 10.8. The second kappa shape index (κ2) is 11.7. The number of anilines is 1. The van der Waals surface area contributed by atoms with E-state index in [0.29, 0.717) is 40.2 Å². The first kappa shape index (κ1) is 25.3. The normalized spacial score (nSPS) is 11.3. The van der Waals surface area contributed by atoms with Crippen LogP contribution in [0.2, 0.25) is 0 Å². The zero-order valence-corrected chi connectivity index (χ0v) is 21.3. The van der Waals surface area contributed by atoms with E-state index in [4.69, 9.17) is 23.9 Å². The molecule has 2 aromatic carbocycles. The minimum atomic E-state index is -0.162. The van der Waals surface area contributed by atoms with Gasteiger partial charge in [-0.25, -0.2) is 4.98 Å². The predicted octanol–water partition coefficient (Wildman–Crippen LogP) is 4.33. The third-order valence-corrected chi connectivity index (χ3v) is 6.30. The number of amides is 1. The van der Waals surface area contributed by atoms with E-state index in [1.54, 1.807) is 45.5 Å². The molecule has 0 aliphatic carbocycles. The van der Waals surface area contributed by atoms with E-state index in [1.165, 1.54) is 11.3 Å². The molecule has 0 bridgehead atoms. The van der Waals surface area contributed by atoms with Crippen LogP contribution in [0, 0.1) is 0 Å². The molecule has 0 radical (unpaired) electrons. The van der Waals surface area contributed by atoms with Crippen molar-refractivity contribution in [3.8, 4) is 23.0 Å². The highest BCUT2D eigenvalue weighted by atomic mass is 32.1. The van der Waals surface area contributed by atoms with Crippen molar-refractivity contribution in [2.24, 2.45) is 0 Å². The van der Waals surface area contributed by atoms with Gasteiger partial charge in [-0.3, -0.25) is 9.69 Å². The summed E-state index contributed by atoms with van der Waals surface area (Å²) in [5, 5.41) is 0.596. The smallest absolute Gasteiger partial charge is 0.252 e. The van der Waals surface area contributed by atoms with Crippen molar-refractivity contribution in [3.63, 3.8) is 0 Å². The molecular weight excluding hydrogens is 454 g/mol. The van der Waals surface area contributed by atoms with E-state index >= 15 is 0 Å². The van der Waals surface area contributed by atoms with Crippen LogP contribution in [0.25, 0.3) is 16.3 Å². The molecule has 9 heteroatoms. The number of hydrogen-bond acceptors (Lipinski definition) is 8. The van der Waals surface area contributed by atoms with Crippen LogP contribution < -0.4 is 23.8 Å². The second-order valence-corrected chi connectivity index (χ2v) is 8.72. The highest BCUT2D eigenvalue weighted by molar-refractivity contribution is 7.22. The SMILES string of the molecule is COc1ccc(C=CC(=O)N(CCCN(C)C)c2nc3c(OC)ccc(OC)c3s2)cc1OC. The maximum atomic E-state index is 13.3. The summed E-state index contributed by atoms with van der Waals surface area (Å²) < 4.78 is 22.5. The van der Waals surface area contributed by atoms with Gasteiger partial charge in [0, 0.05) is 12.6 Å². The van der Waals surface area contributed by atoms with Crippen LogP contribution in [-0.4, -0.2) is 71.4 Å². The monoisotopic (exact) mass is 485 g/mol. The highest BCUT2D eigenvalue weighted by Gasteiger charge is 2.21. The van der Waals surface area contributed by atoms with E-state index in [2.05, 4.69) is 4.90 Å².